The Balaban J connectivity index is 1.82. The third-order valence-electron chi connectivity index (χ3n) is 3.75. The topological polar surface area (TPSA) is 82.6 Å². The first-order valence-electron chi connectivity index (χ1n) is 6.80. The van der Waals surface area contributed by atoms with Crippen molar-refractivity contribution >= 4 is 38.7 Å². The molecule has 0 aliphatic carbocycles. The van der Waals surface area contributed by atoms with Gasteiger partial charge in [0.05, 0.1) is 5.56 Å². The number of fused-ring (bicyclic) bond motifs is 2. The van der Waals surface area contributed by atoms with Crippen molar-refractivity contribution in [3.05, 3.63) is 57.9 Å². The maximum absolute atomic E-state index is 12.4. The Morgan fingerprint density at radius 1 is 1.17 bits per heavy atom. The number of allylic oxidation sites excluding steroid dienone is 1. The van der Waals surface area contributed by atoms with Crippen molar-refractivity contribution < 1.29 is 19.7 Å². The van der Waals surface area contributed by atoms with Crippen molar-refractivity contribution in [1.82, 2.24) is 4.98 Å². The van der Waals surface area contributed by atoms with Gasteiger partial charge < -0.3 is 19.9 Å². The molecular formula is C17H10BrNO4. The van der Waals surface area contributed by atoms with E-state index < -0.39 is 5.75 Å². The lowest BCUT2D eigenvalue weighted by Gasteiger charge is -2.02. The summed E-state index contributed by atoms with van der Waals surface area (Å²) in [4.78, 5) is 15.5. The number of Topliss-reactive ketones (excluding diaryl/α,β-unsaturated/α-hetero) is 1. The Labute approximate surface area is 139 Å². The summed E-state index contributed by atoms with van der Waals surface area (Å²) < 4.78 is 6.38. The smallest absolute Gasteiger partial charge is 0.232 e. The van der Waals surface area contributed by atoms with Crippen LogP contribution in [0.5, 0.6) is 17.2 Å². The maximum Gasteiger partial charge on any atom is 0.232 e. The Morgan fingerprint density at radius 2 is 2.00 bits per heavy atom. The monoisotopic (exact) mass is 371 g/mol. The quantitative estimate of drug-likeness (QED) is 0.446. The van der Waals surface area contributed by atoms with Gasteiger partial charge in [-0.2, -0.15) is 0 Å². The van der Waals surface area contributed by atoms with E-state index in [9.17, 15) is 15.0 Å². The van der Waals surface area contributed by atoms with E-state index in [1.165, 1.54) is 12.1 Å². The van der Waals surface area contributed by atoms with Gasteiger partial charge in [0.15, 0.2) is 17.3 Å². The van der Waals surface area contributed by atoms with Crippen LogP contribution in [0.3, 0.4) is 0 Å². The first-order valence-corrected chi connectivity index (χ1v) is 7.59. The first-order chi connectivity index (χ1) is 11.0. The van der Waals surface area contributed by atoms with Crippen molar-refractivity contribution in [2.75, 3.05) is 0 Å². The van der Waals surface area contributed by atoms with E-state index in [1.54, 1.807) is 12.3 Å². The summed E-state index contributed by atoms with van der Waals surface area (Å²) in [6, 6.07) is 8.48. The second-order valence-corrected chi connectivity index (χ2v) is 6.10. The molecule has 0 bridgehead atoms. The number of hydrogen-bond donors (Lipinski definition) is 3. The normalized spacial score (nSPS) is 15.2. The molecule has 1 aromatic heterocycles. The zero-order valence-corrected chi connectivity index (χ0v) is 13.2. The van der Waals surface area contributed by atoms with E-state index in [-0.39, 0.29) is 28.6 Å². The second-order valence-electron chi connectivity index (χ2n) is 5.18. The zero-order valence-electron chi connectivity index (χ0n) is 11.6. The van der Waals surface area contributed by atoms with Gasteiger partial charge in [0.1, 0.15) is 0 Å². The molecule has 6 heteroatoms. The van der Waals surface area contributed by atoms with E-state index in [4.69, 9.17) is 4.74 Å². The molecule has 0 fully saturated rings. The Bertz CT molecular complexity index is 1000. The highest BCUT2D eigenvalue weighted by Crippen LogP contribution is 2.44. The van der Waals surface area contributed by atoms with Crippen LogP contribution in [-0.2, 0) is 0 Å². The number of hydrogen-bond acceptors (Lipinski definition) is 4. The van der Waals surface area contributed by atoms with E-state index in [1.807, 2.05) is 18.2 Å². The van der Waals surface area contributed by atoms with Crippen molar-refractivity contribution in [3.63, 3.8) is 0 Å². The largest absolute Gasteiger partial charge is 0.504 e. The highest BCUT2D eigenvalue weighted by molar-refractivity contribution is 9.10. The van der Waals surface area contributed by atoms with Crippen LogP contribution in [0.25, 0.3) is 17.0 Å². The minimum Gasteiger partial charge on any atom is -0.504 e. The number of rotatable bonds is 1. The molecule has 1 aliphatic heterocycles. The number of phenols is 2. The lowest BCUT2D eigenvalue weighted by Crippen LogP contribution is -1.97. The van der Waals surface area contributed by atoms with E-state index in [0.29, 0.717) is 0 Å². The SMILES string of the molecule is O=C1/C(=C/c2c[nH]c3ccc(Br)cc23)Oc2c1ccc(O)c2O. The summed E-state index contributed by atoms with van der Waals surface area (Å²) in [6.45, 7) is 0. The molecule has 0 amide bonds. The number of phenolic OH excluding ortho intramolecular Hbond substituents is 2. The highest BCUT2D eigenvalue weighted by atomic mass is 79.9. The number of H-pyrrole nitrogens is 1. The molecule has 0 unspecified atom stereocenters. The van der Waals surface area contributed by atoms with Gasteiger partial charge in [0.25, 0.3) is 0 Å². The standard InChI is InChI=1S/C17H10BrNO4/c18-9-1-3-12-11(6-9)8(7-19-12)5-14-15(21)10-2-4-13(20)16(22)17(10)23-14/h1-7,19-20,22H/b14-5-. The molecule has 23 heavy (non-hydrogen) atoms. The molecule has 2 heterocycles. The van der Waals surface area contributed by atoms with Gasteiger partial charge in [-0.3, -0.25) is 4.79 Å². The number of carbonyl (C=O) groups excluding carboxylic acids is 1. The van der Waals surface area contributed by atoms with Gasteiger partial charge in [-0.25, -0.2) is 0 Å². The summed E-state index contributed by atoms with van der Waals surface area (Å²) in [5, 5.41) is 20.3. The number of benzene rings is 2. The molecule has 0 spiro atoms. The number of aromatic amines is 1. The van der Waals surface area contributed by atoms with Gasteiger partial charge in [-0.05, 0) is 36.4 Å². The fraction of sp³-hybridized carbons (Fsp3) is 0. The Morgan fingerprint density at radius 3 is 2.83 bits per heavy atom. The lowest BCUT2D eigenvalue weighted by molar-refractivity contribution is 0.101. The Kier molecular flexibility index (Phi) is 2.96. The first kappa shape index (κ1) is 13.9. The summed E-state index contributed by atoms with van der Waals surface area (Å²) in [5.74, 6) is -1.00. The third-order valence-corrected chi connectivity index (χ3v) is 4.25. The van der Waals surface area contributed by atoms with Crippen LogP contribution in [0.1, 0.15) is 15.9 Å². The lowest BCUT2D eigenvalue weighted by atomic mass is 10.1. The number of halogens is 1. The van der Waals surface area contributed by atoms with Crippen molar-refractivity contribution in [2.24, 2.45) is 0 Å². The molecule has 0 atom stereocenters. The van der Waals surface area contributed by atoms with E-state index >= 15 is 0 Å². The average molecular weight is 372 g/mol. The van der Waals surface area contributed by atoms with Gasteiger partial charge >= 0.3 is 0 Å². The summed E-state index contributed by atoms with van der Waals surface area (Å²) in [5.41, 5.74) is 1.96. The fourth-order valence-corrected chi connectivity index (χ4v) is 2.96. The zero-order chi connectivity index (χ0) is 16.1. The number of ketones is 1. The van der Waals surface area contributed by atoms with Crippen LogP contribution in [0.2, 0.25) is 0 Å². The Hall–Kier alpha value is -2.73. The van der Waals surface area contributed by atoms with E-state index in [0.717, 1.165) is 20.9 Å². The molecule has 0 saturated carbocycles. The van der Waals surface area contributed by atoms with Crippen LogP contribution < -0.4 is 4.74 Å². The molecule has 2 aromatic carbocycles. The van der Waals surface area contributed by atoms with Gasteiger partial charge in [0, 0.05) is 27.1 Å². The molecular weight excluding hydrogens is 362 g/mol. The molecule has 114 valence electrons. The van der Waals surface area contributed by atoms with Crippen molar-refractivity contribution in [3.8, 4) is 17.2 Å². The average Bonchev–Trinajstić information content (AvgIpc) is 3.06. The van der Waals surface area contributed by atoms with Gasteiger partial charge in [-0.1, -0.05) is 15.9 Å². The molecule has 1 aliphatic rings. The third kappa shape index (κ3) is 2.10. The number of ether oxygens (including phenoxy) is 1. The number of aromatic nitrogens is 1. The molecule has 5 nitrogen and oxygen atoms in total. The molecule has 4 rings (SSSR count). The molecule has 3 aromatic rings. The molecule has 3 N–H and O–H groups in total. The van der Waals surface area contributed by atoms with Crippen molar-refractivity contribution in [2.45, 2.75) is 0 Å². The van der Waals surface area contributed by atoms with Crippen molar-refractivity contribution in [1.29, 1.82) is 0 Å². The summed E-state index contributed by atoms with van der Waals surface area (Å²) in [7, 11) is 0. The minimum atomic E-state index is -0.430. The molecule has 0 radical (unpaired) electrons. The van der Waals surface area contributed by atoms with Gasteiger partial charge in [0.2, 0.25) is 11.5 Å². The summed E-state index contributed by atoms with van der Waals surface area (Å²) in [6.07, 6.45) is 3.39. The van der Waals surface area contributed by atoms with E-state index in [2.05, 4.69) is 20.9 Å². The van der Waals surface area contributed by atoms with Crippen LogP contribution in [0.4, 0.5) is 0 Å². The highest BCUT2D eigenvalue weighted by Gasteiger charge is 2.31. The summed E-state index contributed by atoms with van der Waals surface area (Å²) >= 11 is 3.42. The number of aromatic hydroxyl groups is 2. The van der Waals surface area contributed by atoms with Crippen LogP contribution in [0.15, 0.2) is 46.8 Å². The predicted octanol–water partition coefficient (Wildman–Crippen LogP) is 3.96. The van der Waals surface area contributed by atoms with Crippen LogP contribution in [0, 0.1) is 0 Å². The predicted molar refractivity (Wildman–Crippen MR) is 88.7 cm³/mol. The second kappa shape index (κ2) is 4.89. The van der Waals surface area contributed by atoms with Crippen LogP contribution >= 0.6 is 15.9 Å². The molecule has 0 saturated heterocycles. The minimum absolute atomic E-state index is 0.0118. The fourth-order valence-electron chi connectivity index (χ4n) is 2.60. The number of nitrogens with one attached hydrogen (secondary N) is 1. The maximum atomic E-state index is 12.4. The number of carbonyl (C=O) groups is 1. The van der Waals surface area contributed by atoms with Gasteiger partial charge in [-0.15, -0.1) is 0 Å². The van der Waals surface area contributed by atoms with Crippen LogP contribution in [-0.4, -0.2) is 21.0 Å².